The highest BCUT2D eigenvalue weighted by atomic mass is 16.6. The smallest absolute Gasteiger partial charge is 0.339 e. The second kappa shape index (κ2) is 8.21. The molecule has 1 atom stereocenters. The molecule has 26 heavy (non-hydrogen) atoms. The number of carbonyl (C=O) groups excluding carboxylic acids is 3. The molecule has 1 heterocycles. The van der Waals surface area contributed by atoms with E-state index in [2.05, 4.69) is 5.43 Å². The van der Waals surface area contributed by atoms with E-state index in [-0.39, 0.29) is 12.3 Å². The fraction of sp³-hybridized carbons (Fsp3) is 0.526. The van der Waals surface area contributed by atoms with Crippen molar-refractivity contribution in [2.75, 3.05) is 13.6 Å². The van der Waals surface area contributed by atoms with Gasteiger partial charge in [0.1, 0.15) is 11.6 Å². The molecule has 1 aliphatic rings. The van der Waals surface area contributed by atoms with Gasteiger partial charge < -0.3 is 9.64 Å². The van der Waals surface area contributed by atoms with Crippen molar-refractivity contribution in [1.29, 1.82) is 0 Å². The van der Waals surface area contributed by atoms with Crippen LogP contribution in [0.15, 0.2) is 30.3 Å². The number of carbonyl (C=O) groups is 3. The molecule has 1 aliphatic heterocycles. The van der Waals surface area contributed by atoms with E-state index in [1.54, 1.807) is 20.8 Å². The fourth-order valence-electron chi connectivity index (χ4n) is 2.86. The Morgan fingerprint density at radius 3 is 2.50 bits per heavy atom. The van der Waals surface area contributed by atoms with Crippen molar-refractivity contribution < 1.29 is 19.1 Å². The molecule has 7 nitrogen and oxygen atoms in total. The molecular weight excluding hydrogens is 334 g/mol. The van der Waals surface area contributed by atoms with Crippen LogP contribution in [0.2, 0.25) is 0 Å². The molecule has 0 unspecified atom stereocenters. The number of ether oxygens (including phenoxy) is 1. The van der Waals surface area contributed by atoms with E-state index in [9.17, 15) is 14.4 Å². The third-order valence-corrected chi connectivity index (χ3v) is 3.96. The van der Waals surface area contributed by atoms with Crippen molar-refractivity contribution in [2.45, 2.75) is 51.7 Å². The predicted molar refractivity (Wildman–Crippen MR) is 97.0 cm³/mol. The molecule has 7 heteroatoms. The zero-order valence-corrected chi connectivity index (χ0v) is 15.8. The Balaban J connectivity index is 1.93. The molecule has 0 spiro atoms. The number of nitrogens with one attached hydrogen (secondary N) is 1. The second-order valence-electron chi connectivity index (χ2n) is 7.42. The molecule has 0 radical (unpaired) electrons. The number of amides is 3. The lowest BCUT2D eigenvalue weighted by atomic mass is 10.1. The zero-order valence-electron chi connectivity index (χ0n) is 15.8. The molecule has 3 amide bonds. The molecule has 0 saturated carbocycles. The van der Waals surface area contributed by atoms with Gasteiger partial charge in [0.15, 0.2) is 0 Å². The molecule has 0 bridgehead atoms. The van der Waals surface area contributed by atoms with Crippen LogP contribution in [0.5, 0.6) is 0 Å². The Bertz CT molecular complexity index is 654. The van der Waals surface area contributed by atoms with Gasteiger partial charge in [-0.15, -0.1) is 0 Å². The van der Waals surface area contributed by atoms with Gasteiger partial charge in [-0.25, -0.2) is 14.6 Å². The number of hydrazine groups is 1. The minimum absolute atomic E-state index is 0.175. The minimum Gasteiger partial charge on any atom is -0.458 e. The van der Waals surface area contributed by atoms with Crippen molar-refractivity contribution in [2.24, 2.45) is 0 Å². The van der Waals surface area contributed by atoms with E-state index in [1.807, 2.05) is 30.3 Å². The third kappa shape index (κ3) is 5.47. The lowest BCUT2D eigenvalue weighted by Crippen LogP contribution is -2.53. The summed E-state index contributed by atoms with van der Waals surface area (Å²) < 4.78 is 5.40. The van der Waals surface area contributed by atoms with Crippen molar-refractivity contribution in [3.05, 3.63) is 35.9 Å². The summed E-state index contributed by atoms with van der Waals surface area (Å²) in [5.74, 6) is -0.701. The largest absolute Gasteiger partial charge is 0.458 e. The Kier molecular flexibility index (Phi) is 6.23. The maximum absolute atomic E-state index is 12.6. The highest BCUT2D eigenvalue weighted by Gasteiger charge is 2.38. The third-order valence-electron chi connectivity index (χ3n) is 3.96. The number of rotatable bonds is 3. The molecular formula is C19H27N3O4. The van der Waals surface area contributed by atoms with E-state index in [4.69, 9.17) is 4.74 Å². The maximum atomic E-state index is 12.6. The lowest BCUT2D eigenvalue weighted by molar-refractivity contribution is -0.159. The maximum Gasteiger partial charge on any atom is 0.339 e. The second-order valence-corrected chi connectivity index (χ2v) is 7.42. The van der Waals surface area contributed by atoms with Crippen molar-refractivity contribution >= 4 is 17.9 Å². The Hall–Kier alpha value is -2.57. The lowest BCUT2D eigenvalue weighted by Gasteiger charge is -2.30. The average molecular weight is 361 g/mol. The zero-order chi connectivity index (χ0) is 19.3. The first-order valence-corrected chi connectivity index (χ1v) is 8.78. The Morgan fingerprint density at radius 2 is 1.88 bits per heavy atom. The summed E-state index contributed by atoms with van der Waals surface area (Å²) in [6.07, 6.45) is 1.46. The molecule has 2 rings (SSSR count). The molecule has 1 aromatic rings. The summed E-state index contributed by atoms with van der Waals surface area (Å²) >= 11 is 0. The number of hydrogen-bond donors (Lipinski definition) is 1. The van der Waals surface area contributed by atoms with Gasteiger partial charge in [0, 0.05) is 13.6 Å². The van der Waals surface area contributed by atoms with Crippen molar-refractivity contribution in [3.8, 4) is 0 Å². The fourth-order valence-corrected chi connectivity index (χ4v) is 2.86. The number of urea groups is 1. The quantitative estimate of drug-likeness (QED) is 0.661. The van der Waals surface area contributed by atoms with Gasteiger partial charge in [-0.2, -0.15) is 0 Å². The van der Waals surface area contributed by atoms with Crippen LogP contribution in [0.3, 0.4) is 0 Å². The number of hydrogen-bond acceptors (Lipinski definition) is 4. The van der Waals surface area contributed by atoms with Crippen molar-refractivity contribution in [3.63, 3.8) is 0 Å². The number of nitrogens with zero attached hydrogens (tertiary/aromatic N) is 2. The molecule has 1 aromatic carbocycles. The highest BCUT2D eigenvalue weighted by molar-refractivity contribution is 5.86. The van der Waals surface area contributed by atoms with E-state index < -0.39 is 23.6 Å². The van der Waals surface area contributed by atoms with Crippen LogP contribution in [-0.4, -0.2) is 53.1 Å². The first-order chi connectivity index (χ1) is 12.2. The van der Waals surface area contributed by atoms with Gasteiger partial charge in [0.05, 0.1) is 6.42 Å². The molecule has 142 valence electrons. The Morgan fingerprint density at radius 1 is 1.23 bits per heavy atom. The van der Waals surface area contributed by atoms with Crippen LogP contribution in [-0.2, 0) is 20.7 Å². The topological polar surface area (TPSA) is 79.0 Å². The van der Waals surface area contributed by atoms with Crippen LogP contribution in [0.25, 0.3) is 0 Å². The van der Waals surface area contributed by atoms with E-state index in [0.29, 0.717) is 13.0 Å². The van der Waals surface area contributed by atoms with Gasteiger partial charge in [-0.1, -0.05) is 30.3 Å². The summed E-state index contributed by atoms with van der Waals surface area (Å²) in [5, 5.41) is 1.13. The molecule has 0 aromatic heterocycles. The van der Waals surface area contributed by atoms with Crippen molar-refractivity contribution in [1.82, 2.24) is 15.3 Å². The Labute approximate surface area is 154 Å². The minimum atomic E-state index is -0.616. The predicted octanol–water partition coefficient (Wildman–Crippen LogP) is 2.12. The van der Waals surface area contributed by atoms with Gasteiger partial charge in [0.2, 0.25) is 5.91 Å². The summed E-state index contributed by atoms with van der Waals surface area (Å²) in [5.41, 5.74) is 2.82. The molecule has 0 aliphatic carbocycles. The van der Waals surface area contributed by atoms with Gasteiger partial charge >= 0.3 is 12.0 Å². The SMILES string of the molecule is CN(NC(=O)Cc1ccccc1)C(=O)N1CCC[C@H]1C(=O)OC(C)(C)C. The molecule has 1 N–H and O–H groups in total. The highest BCUT2D eigenvalue weighted by Crippen LogP contribution is 2.22. The normalized spacial score (nSPS) is 16.9. The standard InChI is InChI=1S/C19H27N3O4/c1-19(2,3)26-17(24)15-11-8-12-22(15)18(25)21(4)20-16(23)13-14-9-6-5-7-10-14/h5-7,9-10,15H,8,11-13H2,1-4H3,(H,20,23)/t15-/m0/s1. The summed E-state index contributed by atoms with van der Waals surface area (Å²) in [6, 6.07) is 8.25. The van der Waals surface area contributed by atoms with Crippen LogP contribution in [0.1, 0.15) is 39.2 Å². The number of likely N-dealkylation sites (tertiary alicyclic amines) is 1. The van der Waals surface area contributed by atoms with E-state index in [1.165, 1.54) is 11.9 Å². The van der Waals surface area contributed by atoms with Gasteiger partial charge in [-0.05, 0) is 39.2 Å². The monoisotopic (exact) mass is 361 g/mol. The first kappa shape index (κ1) is 19.8. The number of esters is 1. The average Bonchev–Trinajstić information content (AvgIpc) is 3.03. The molecule has 1 saturated heterocycles. The van der Waals surface area contributed by atoms with Crippen LogP contribution >= 0.6 is 0 Å². The summed E-state index contributed by atoms with van der Waals surface area (Å²) in [7, 11) is 1.48. The number of benzene rings is 1. The van der Waals surface area contributed by atoms with Gasteiger partial charge in [0.25, 0.3) is 0 Å². The van der Waals surface area contributed by atoms with Crippen LogP contribution in [0.4, 0.5) is 4.79 Å². The van der Waals surface area contributed by atoms with E-state index >= 15 is 0 Å². The van der Waals surface area contributed by atoms with Gasteiger partial charge in [-0.3, -0.25) is 10.2 Å². The summed E-state index contributed by atoms with van der Waals surface area (Å²) in [4.78, 5) is 38.6. The summed E-state index contributed by atoms with van der Waals surface area (Å²) in [6.45, 7) is 5.84. The van der Waals surface area contributed by atoms with E-state index in [0.717, 1.165) is 17.0 Å². The first-order valence-electron chi connectivity index (χ1n) is 8.78. The van der Waals surface area contributed by atoms with Crippen LogP contribution in [0, 0.1) is 0 Å². The van der Waals surface area contributed by atoms with Crippen LogP contribution < -0.4 is 5.43 Å². The molecule has 1 fully saturated rings.